The van der Waals surface area contributed by atoms with Crippen molar-refractivity contribution < 1.29 is 27.7 Å². The molecule has 0 bridgehead atoms. The van der Waals surface area contributed by atoms with E-state index in [9.17, 15) is 28.1 Å². The number of rotatable bonds is 5. The van der Waals surface area contributed by atoms with Crippen molar-refractivity contribution in [3.8, 4) is 5.75 Å². The Kier molecular flexibility index (Phi) is 6.79. The van der Waals surface area contributed by atoms with E-state index in [0.717, 1.165) is 10.4 Å². The lowest BCUT2D eigenvalue weighted by Crippen LogP contribution is -2.56. The van der Waals surface area contributed by atoms with E-state index in [2.05, 4.69) is 20.8 Å². The Morgan fingerprint density at radius 2 is 1.88 bits per heavy atom. The van der Waals surface area contributed by atoms with Crippen molar-refractivity contribution in [3.63, 3.8) is 0 Å². The van der Waals surface area contributed by atoms with Gasteiger partial charge >= 0.3 is 11.7 Å². The molecule has 1 fully saturated rings. The summed E-state index contributed by atoms with van der Waals surface area (Å²) < 4.78 is 31.8. The molecule has 0 unspecified atom stereocenters. The second-order valence-corrected chi connectivity index (χ2v) is 8.39. The van der Waals surface area contributed by atoms with Gasteiger partial charge in [0.1, 0.15) is 5.69 Å². The molecule has 2 N–H and O–H groups in total. The maximum Gasteiger partial charge on any atom is 0.336 e. The lowest BCUT2D eigenvalue weighted by Gasteiger charge is -2.33. The van der Waals surface area contributed by atoms with Crippen LogP contribution >= 0.6 is 0 Å². The highest BCUT2D eigenvalue weighted by Gasteiger charge is 2.32. The number of hydrogen-bond donors (Lipinski definition) is 2. The number of urea groups is 1. The van der Waals surface area contributed by atoms with Gasteiger partial charge in [0.25, 0.3) is 5.91 Å². The van der Waals surface area contributed by atoms with E-state index in [1.165, 1.54) is 42.7 Å². The summed E-state index contributed by atoms with van der Waals surface area (Å²) in [5, 5.41) is 11.2. The van der Waals surface area contributed by atoms with Crippen molar-refractivity contribution in [3.05, 3.63) is 52.6 Å². The third-order valence-corrected chi connectivity index (χ3v) is 6.48. The molecule has 1 aliphatic heterocycles. The van der Waals surface area contributed by atoms with E-state index < -0.39 is 32.6 Å². The smallest absolute Gasteiger partial charge is 0.336 e. The largest absolute Gasteiger partial charge is 0.490 e. The number of aromatic nitrogens is 2. The lowest BCUT2D eigenvalue weighted by atomic mass is 10.3. The summed E-state index contributed by atoms with van der Waals surface area (Å²) in [6.45, 7) is 0.0238. The maximum atomic E-state index is 12.9. The summed E-state index contributed by atoms with van der Waals surface area (Å²) in [5.41, 5.74) is 3.98. The zero-order chi connectivity index (χ0) is 23.3. The fraction of sp³-hybridized carbons (Fsp3) is 0.294. The van der Waals surface area contributed by atoms with Crippen molar-refractivity contribution in [1.29, 1.82) is 0 Å². The van der Waals surface area contributed by atoms with Gasteiger partial charge in [0.15, 0.2) is 5.75 Å². The number of hydrazine groups is 1. The van der Waals surface area contributed by atoms with E-state index in [1.807, 2.05) is 0 Å². The van der Waals surface area contributed by atoms with Crippen LogP contribution in [0.2, 0.25) is 0 Å². The number of nitro groups is 1. The number of carbonyl (C=O) groups is 2. The molecule has 0 atom stereocenters. The fourth-order valence-corrected chi connectivity index (χ4v) is 4.37. The number of piperazine rings is 1. The zero-order valence-corrected chi connectivity index (χ0v) is 17.6. The number of hydrogen-bond acceptors (Lipinski definition) is 9. The molecular formula is C17H19N7O7S. The molecule has 1 aromatic carbocycles. The minimum absolute atomic E-state index is 0.0114. The van der Waals surface area contributed by atoms with Gasteiger partial charge in [0, 0.05) is 44.6 Å². The van der Waals surface area contributed by atoms with Crippen molar-refractivity contribution in [1.82, 2.24) is 30.0 Å². The van der Waals surface area contributed by atoms with Crippen LogP contribution in [0.1, 0.15) is 10.5 Å². The molecule has 0 aliphatic carbocycles. The molecule has 0 spiro atoms. The SMILES string of the molecule is COc1ccc(S(=O)(=O)N2CCN(C(=O)NNC(=O)c3cnccn3)CC2)cc1[N+](=O)[O-]. The monoisotopic (exact) mass is 465 g/mol. The van der Waals surface area contributed by atoms with Gasteiger partial charge in [-0.3, -0.25) is 25.3 Å². The number of sulfonamides is 1. The van der Waals surface area contributed by atoms with Crippen molar-refractivity contribution in [2.24, 2.45) is 0 Å². The van der Waals surface area contributed by atoms with Crippen LogP contribution in [0.15, 0.2) is 41.7 Å². The second kappa shape index (κ2) is 9.52. The van der Waals surface area contributed by atoms with Crippen molar-refractivity contribution in [2.75, 3.05) is 33.3 Å². The normalized spacial score (nSPS) is 14.5. The van der Waals surface area contributed by atoms with Gasteiger partial charge in [-0.15, -0.1) is 0 Å². The van der Waals surface area contributed by atoms with Gasteiger partial charge in [-0.2, -0.15) is 4.31 Å². The number of amides is 3. The Hall–Kier alpha value is -3.85. The van der Waals surface area contributed by atoms with Crippen LogP contribution in [0.4, 0.5) is 10.5 Å². The van der Waals surface area contributed by atoms with Crippen molar-refractivity contribution in [2.45, 2.75) is 4.90 Å². The molecule has 0 saturated carbocycles. The predicted molar refractivity (Wildman–Crippen MR) is 108 cm³/mol. The van der Waals surface area contributed by atoms with Gasteiger partial charge in [0.05, 0.1) is 23.1 Å². The van der Waals surface area contributed by atoms with Gasteiger partial charge in [-0.25, -0.2) is 23.6 Å². The Bertz CT molecular complexity index is 1120. The number of carbonyl (C=O) groups excluding carboxylic acids is 2. The molecule has 15 heteroatoms. The van der Waals surface area contributed by atoms with Crippen LogP contribution in [0.3, 0.4) is 0 Å². The quantitative estimate of drug-likeness (QED) is 0.445. The summed E-state index contributed by atoms with van der Waals surface area (Å²) >= 11 is 0. The third-order valence-electron chi connectivity index (χ3n) is 4.59. The fourth-order valence-electron chi connectivity index (χ4n) is 2.92. The first kappa shape index (κ1) is 22.8. The molecule has 32 heavy (non-hydrogen) atoms. The van der Waals surface area contributed by atoms with E-state index in [-0.39, 0.29) is 42.5 Å². The Balaban J connectivity index is 1.60. The molecule has 0 radical (unpaired) electrons. The number of nitrogens with one attached hydrogen (secondary N) is 2. The Morgan fingerprint density at radius 3 is 2.47 bits per heavy atom. The van der Waals surface area contributed by atoms with Gasteiger partial charge < -0.3 is 9.64 Å². The molecular weight excluding hydrogens is 446 g/mol. The summed E-state index contributed by atoms with van der Waals surface area (Å²) in [7, 11) is -2.78. The van der Waals surface area contributed by atoms with Crippen LogP contribution < -0.4 is 15.6 Å². The molecule has 1 saturated heterocycles. The molecule has 3 amide bonds. The van der Waals surface area contributed by atoms with E-state index in [1.54, 1.807) is 0 Å². The zero-order valence-electron chi connectivity index (χ0n) is 16.8. The Labute approximate surface area is 182 Å². The first-order valence-corrected chi connectivity index (χ1v) is 10.6. The third kappa shape index (κ3) is 4.89. The summed E-state index contributed by atoms with van der Waals surface area (Å²) in [6, 6.07) is 2.76. The number of benzene rings is 1. The number of methoxy groups -OCH3 is 1. The summed E-state index contributed by atoms with van der Waals surface area (Å²) in [6.07, 6.45) is 3.95. The Morgan fingerprint density at radius 1 is 1.16 bits per heavy atom. The first-order valence-electron chi connectivity index (χ1n) is 9.18. The van der Waals surface area contributed by atoms with Crippen LogP contribution in [-0.4, -0.2) is 77.7 Å². The van der Waals surface area contributed by atoms with Crippen LogP contribution in [0, 0.1) is 10.1 Å². The number of nitro benzene ring substituents is 1. The molecule has 1 aromatic heterocycles. The van der Waals surface area contributed by atoms with E-state index in [4.69, 9.17) is 4.74 Å². The highest BCUT2D eigenvalue weighted by molar-refractivity contribution is 7.89. The topological polar surface area (TPSA) is 177 Å². The molecule has 1 aliphatic rings. The minimum atomic E-state index is -4.02. The van der Waals surface area contributed by atoms with Crippen molar-refractivity contribution >= 4 is 27.6 Å². The average molecular weight is 465 g/mol. The highest BCUT2D eigenvalue weighted by atomic mass is 32.2. The lowest BCUT2D eigenvalue weighted by molar-refractivity contribution is -0.386. The molecule has 170 valence electrons. The van der Waals surface area contributed by atoms with Gasteiger partial charge in [-0.1, -0.05) is 0 Å². The van der Waals surface area contributed by atoms with Crippen LogP contribution in [0.5, 0.6) is 5.75 Å². The summed E-state index contributed by atoms with van der Waals surface area (Å²) in [4.78, 5) is 43.2. The molecule has 3 rings (SSSR count). The highest BCUT2D eigenvalue weighted by Crippen LogP contribution is 2.30. The molecule has 14 nitrogen and oxygen atoms in total. The van der Waals surface area contributed by atoms with Crippen LogP contribution in [0.25, 0.3) is 0 Å². The first-order chi connectivity index (χ1) is 15.2. The predicted octanol–water partition coefficient (Wildman–Crippen LogP) is -0.246. The summed E-state index contributed by atoms with van der Waals surface area (Å²) in [5.74, 6) is -0.715. The molecule has 2 heterocycles. The minimum Gasteiger partial charge on any atom is -0.490 e. The van der Waals surface area contributed by atoms with E-state index in [0.29, 0.717) is 0 Å². The van der Waals surface area contributed by atoms with E-state index >= 15 is 0 Å². The van der Waals surface area contributed by atoms with Gasteiger partial charge in [-0.05, 0) is 12.1 Å². The average Bonchev–Trinajstić information content (AvgIpc) is 2.82. The molecule has 2 aromatic rings. The maximum absolute atomic E-state index is 12.9. The number of ether oxygens (including phenoxy) is 1. The second-order valence-electron chi connectivity index (χ2n) is 6.46. The standard InChI is InChI=1S/C17H19N7O7S/c1-31-15-3-2-12(10-14(15)24(27)28)32(29,30)23-8-6-22(7-9-23)17(26)21-20-16(25)13-11-18-4-5-19-13/h2-5,10-11H,6-9H2,1H3,(H,20,25)(H,21,26). The van der Waals surface area contributed by atoms with Gasteiger partial charge in [0.2, 0.25) is 10.0 Å². The number of nitrogens with zero attached hydrogens (tertiary/aromatic N) is 5. The van der Waals surface area contributed by atoms with Crippen LogP contribution in [-0.2, 0) is 10.0 Å².